The lowest BCUT2D eigenvalue weighted by atomic mass is 9.90. The lowest BCUT2D eigenvalue weighted by Gasteiger charge is -2.31. The number of anilines is 2. The number of ether oxygens (including phenoxy) is 1. The van der Waals surface area contributed by atoms with E-state index in [1.54, 1.807) is 13.8 Å². The van der Waals surface area contributed by atoms with Gasteiger partial charge in [-0.05, 0) is 38.8 Å². The zero-order chi connectivity index (χ0) is 20.0. The Labute approximate surface area is 168 Å². The van der Waals surface area contributed by atoms with Crippen LogP contribution in [0.2, 0.25) is 0 Å². The predicted octanol–water partition coefficient (Wildman–Crippen LogP) is 3.33. The number of amides is 2. The Morgan fingerprint density at radius 2 is 1.64 bits per heavy atom. The zero-order valence-electron chi connectivity index (χ0n) is 17.1. The molecule has 1 heterocycles. The number of hydrogen-bond acceptors (Lipinski definition) is 4. The fraction of sp³-hybridized carbons (Fsp3) is 0.636. The third kappa shape index (κ3) is 5.04. The first-order valence-electron chi connectivity index (χ1n) is 10.5. The molecule has 2 fully saturated rings. The highest BCUT2D eigenvalue weighted by Gasteiger charge is 2.37. The Kier molecular flexibility index (Phi) is 6.94. The molecule has 2 aliphatic rings. The number of benzene rings is 1. The van der Waals surface area contributed by atoms with Crippen LogP contribution in [0.15, 0.2) is 24.3 Å². The summed E-state index contributed by atoms with van der Waals surface area (Å²) in [5, 5.41) is 6.11. The average Bonchev–Trinajstić information content (AvgIpc) is 2.97. The molecule has 0 spiro atoms. The van der Waals surface area contributed by atoms with Crippen LogP contribution in [0.1, 0.15) is 52.4 Å². The maximum atomic E-state index is 13.0. The second-order valence-corrected chi connectivity index (χ2v) is 8.36. The second kappa shape index (κ2) is 9.41. The summed E-state index contributed by atoms with van der Waals surface area (Å²) in [4.78, 5) is 28.1. The first kappa shape index (κ1) is 20.6. The largest absolute Gasteiger partial charge is 0.378 e. The molecule has 154 valence electrons. The zero-order valence-corrected chi connectivity index (χ0v) is 17.1. The summed E-state index contributed by atoms with van der Waals surface area (Å²) in [5.74, 6) is -0.472. The highest BCUT2D eigenvalue weighted by atomic mass is 16.5. The van der Waals surface area contributed by atoms with Crippen LogP contribution in [0.5, 0.6) is 0 Å². The highest BCUT2D eigenvalue weighted by Crippen LogP contribution is 2.29. The van der Waals surface area contributed by atoms with Gasteiger partial charge in [-0.15, -0.1) is 0 Å². The van der Waals surface area contributed by atoms with Gasteiger partial charge in [0.1, 0.15) is 5.41 Å². The van der Waals surface area contributed by atoms with Crippen molar-refractivity contribution < 1.29 is 14.3 Å². The minimum atomic E-state index is -1.13. The third-order valence-corrected chi connectivity index (χ3v) is 5.83. The lowest BCUT2D eigenvalue weighted by Crippen LogP contribution is -2.48. The average molecular weight is 388 g/mol. The number of morpholine rings is 1. The number of carbonyl (C=O) groups excluding carboxylic acids is 2. The van der Waals surface area contributed by atoms with Crippen LogP contribution in [0.3, 0.4) is 0 Å². The van der Waals surface area contributed by atoms with Crippen molar-refractivity contribution in [2.24, 2.45) is 5.41 Å². The second-order valence-electron chi connectivity index (χ2n) is 8.36. The van der Waals surface area contributed by atoms with Gasteiger partial charge >= 0.3 is 0 Å². The van der Waals surface area contributed by atoms with Gasteiger partial charge in [0.25, 0.3) is 0 Å². The van der Waals surface area contributed by atoms with E-state index in [-0.39, 0.29) is 17.9 Å². The fourth-order valence-electron chi connectivity index (χ4n) is 3.83. The first-order valence-corrected chi connectivity index (χ1v) is 10.5. The summed E-state index contributed by atoms with van der Waals surface area (Å²) in [5.41, 5.74) is 0.577. The lowest BCUT2D eigenvalue weighted by molar-refractivity contribution is -0.138. The van der Waals surface area contributed by atoms with Gasteiger partial charge < -0.3 is 20.3 Å². The van der Waals surface area contributed by atoms with E-state index < -0.39 is 5.41 Å². The molecule has 1 aliphatic heterocycles. The van der Waals surface area contributed by atoms with Crippen LogP contribution in [-0.2, 0) is 14.3 Å². The Morgan fingerprint density at radius 3 is 2.32 bits per heavy atom. The molecule has 28 heavy (non-hydrogen) atoms. The van der Waals surface area contributed by atoms with Crippen molar-refractivity contribution in [3.63, 3.8) is 0 Å². The molecule has 1 saturated carbocycles. The molecule has 0 aromatic heterocycles. The molecule has 1 saturated heterocycles. The number of carbonyl (C=O) groups is 2. The van der Waals surface area contributed by atoms with Crippen LogP contribution in [0.4, 0.5) is 11.4 Å². The van der Waals surface area contributed by atoms with E-state index in [0.29, 0.717) is 13.2 Å². The molecule has 0 radical (unpaired) electrons. The van der Waals surface area contributed by atoms with Crippen LogP contribution < -0.4 is 15.5 Å². The van der Waals surface area contributed by atoms with E-state index in [4.69, 9.17) is 4.74 Å². The van der Waals surface area contributed by atoms with Crippen LogP contribution in [0, 0.1) is 5.41 Å². The molecule has 0 atom stereocenters. The third-order valence-electron chi connectivity index (χ3n) is 5.83. The molecule has 1 aromatic carbocycles. The van der Waals surface area contributed by atoms with Gasteiger partial charge in [-0.1, -0.05) is 37.8 Å². The Bertz CT molecular complexity index is 675. The van der Waals surface area contributed by atoms with E-state index in [2.05, 4.69) is 15.5 Å². The number of nitrogens with one attached hydrogen (secondary N) is 2. The number of nitrogens with zero attached hydrogens (tertiary/aromatic N) is 1. The normalized spacial score (nSPS) is 19.0. The molecule has 6 nitrogen and oxygen atoms in total. The molecular weight excluding hydrogens is 354 g/mol. The van der Waals surface area contributed by atoms with E-state index in [1.165, 1.54) is 12.8 Å². The van der Waals surface area contributed by atoms with Crippen molar-refractivity contribution >= 4 is 23.2 Å². The number of para-hydroxylation sites is 2. The van der Waals surface area contributed by atoms with Crippen LogP contribution >= 0.6 is 0 Å². The number of hydrogen-bond donors (Lipinski definition) is 2. The fourth-order valence-corrected chi connectivity index (χ4v) is 3.83. The molecule has 6 heteroatoms. The summed E-state index contributed by atoms with van der Waals surface area (Å²) in [7, 11) is 0. The molecule has 0 bridgehead atoms. The summed E-state index contributed by atoms with van der Waals surface area (Å²) in [6.07, 6.45) is 6.75. The maximum Gasteiger partial charge on any atom is 0.239 e. The van der Waals surface area contributed by atoms with Gasteiger partial charge in [0.2, 0.25) is 11.8 Å². The van der Waals surface area contributed by atoms with Gasteiger partial charge in [-0.25, -0.2) is 0 Å². The molecule has 1 aromatic rings. The molecule has 1 aliphatic carbocycles. The van der Waals surface area contributed by atoms with Crippen LogP contribution in [0.25, 0.3) is 0 Å². The Balaban J connectivity index is 1.66. The minimum Gasteiger partial charge on any atom is -0.378 e. The van der Waals surface area contributed by atoms with Crippen molar-refractivity contribution in [2.75, 3.05) is 36.5 Å². The molecule has 2 N–H and O–H groups in total. The van der Waals surface area contributed by atoms with E-state index in [1.807, 2.05) is 24.3 Å². The van der Waals surface area contributed by atoms with Gasteiger partial charge in [0, 0.05) is 19.1 Å². The van der Waals surface area contributed by atoms with Crippen molar-refractivity contribution in [3.8, 4) is 0 Å². The highest BCUT2D eigenvalue weighted by molar-refractivity contribution is 6.10. The smallest absolute Gasteiger partial charge is 0.239 e. The monoisotopic (exact) mass is 387 g/mol. The summed E-state index contributed by atoms with van der Waals surface area (Å²) in [6, 6.07) is 7.94. The summed E-state index contributed by atoms with van der Waals surface area (Å²) < 4.78 is 5.43. The minimum absolute atomic E-state index is 0.183. The standard InChI is InChI=1S/C22H33N3O3/c1-22(2,20(26)23-17-9-5-3-4-6-10-17)21(27)24-18-11-7-8-12-19(18)25-13-15-28-16-14-25/h7-8,11-12,17H,3-6,9-10,13-16H2,1-2H3,(H,23,26)(H,24,27). The van der Waals surface area contributed by atoms with E-state index >= 15 is 0 Å². The van der Waals surface area contributed by atoms with Gasteiger partial charge in [0.15, 0.2) is 0 Å². The SMILES string of the molecule is CC(C)(C(=O)Nc1ccccc1N1CCOCC1)C(=O)NC1CCCCCC1. The predicted molar refractivity (Wildman–Crippen MR) is 112 cm³/mol. The van der Waals surface area contributed by atoms with Crippen LogP contribution in [-0.4, -0.2) is 44.2 Å². The van der Waals surface area contributed by atoms with Gasteiger partial charge in [-0.3, -0.25) is 9.59 Å². The Hall–Kier alpha value is -2.08. The van der Waals surface area contributed by atoms with Crippen molar-refractivity contribution in [2.45, 2.75) is 58.4 Å². The van der Waals surface area contributed by atoms with Crippen molar-refractivity contribution in [1.29, 1.82) is 0 Å². The molecule has 2 amide bonds. The number of rotatable bonds is 5. The van der Waals surface area contributed by atoms with Crippen molar-refractivity contribution in [3.05, 3.63) is 24.3 Å². The van der Waals surface area contributed by atoms with E-state index in [9.17, 15) is 9.59 Å². The van der Waals surface area contributed by atoms with Gasteiger partial charge in [-0.2, -0.15) is 0 Å². The summed E-state index contributed by atoms with van der Waals surface area (Å²) in [6.45, 7) is 6.34. The van der Waals surface area contributed by atoms with E-state index in [0.717, 1.165) is 50.1 Å². The summed E-state index contributed by atoms with van der Waals surface area (Å²) >= 11 is 0. The molecular formula is C22H33N3O3. The van der Waals surface area contributed by atoms with Crippen molar-refractivity contribution in [1.82, 2.24) is 5.32 Å². The maximum absolute atomic E-state index is 13.0. The quantitative estimate of drug-likeness (QED) is 0.601. The Morgan fingerprint density at radius 1 is 1.00 bits per heavy atom. The van der Waals surface area contributed by atoms with Gasteiger partial charge in [0.05, 0.1) is 24.6 Å². The first-order chi connectivity index (χ1) is 13.5. The molecule has 3 rings (SSSR count). The molecule has 0 unspecified atom stereocenters. The topological polar surface area (TPSA) is 70.7 Å².